The van der Waals surface area contributed by atoms with Crippen LogP contribution >= 0.6 is 15.9 Å². The summed E-state index contributed by atoms with van der Waals surface area (Å²) in [5.74, 6) is 0.555. The van der Waals surface area contributed by atoms with Crippen LogP contribution in [0.4, 0.5) is 5.95 Å². The summed E-state index contributed by atoms with van der Waals surface area (Å²) in [5.41, 5.74) is 1.58. The molecule has 0 spiro atoms. The van der Waals surface area contributed by atoms with Gasteiger partial charge in [-0.2, -0.15) is 4.98 Å². The van der Waals surface area contributed by atoms with Crippen molar-refractivity contribution in [3.8, 4) is 0 Å². The molecule has 3 aromatic rings. The molecule has 0 saturated heterocycles. The summed E-state index contributed by atoms with van der Waals surface area (Å²) >= 11 is 3.42. The maximum Gasteiger partial charge on any atom is 0.243 e. The van der Waals surface area contributed by atoms with Crippen molar-refractivity contribution in [2.45, 2.75) is 6.54 Å². The van der Waals surface area contributed by atoms with E-state index in [0.717, 1.165) is 15.8 Å². The summed E-state index contributed by atoms with van der Waals surface area (Å²) in [6, 6.07) is 5.61. The van der Waals surface area contributed by atoms with Gasteiger partial charge >= 0.3 is 0 Å². The van der Waals surface area contributed by atoms with Crippen LogP contribution in [0.15, 0.2) is 39.7 Å². The Morgan fingerprint density at radius 2 is 2.35 bits per heavy atom. The Hall–Kier alpha value is -1.89. The zero-order valence-corrected chi connectivity index (χ0v) is 10.3. The van der Waals surface area contributed by atoms with Gasteiger partial charge in [0, 0.05) is 12.3 Å². The number of aromatic nitrogens is 4. The van der Waals surface area contributed by atoms with Crippen molar-refractivity contribution in [3.63, 3.8) is 0 Å². The SMILES string of the molecule is Brc1cccn2nc(NCc3ccon3)nc12. The zero-order valence-electron chi connectivity index (χ0n) is 8.67. The van der Waals surface area contributed by atoms with E-state index in [1.165, 1.54) is 6.26 Å². The molecule has 0 aromatic carbocycles. The van der Waals surface area contributed by atoms with Crippen LogP contribution in [-0.2, 0) is 6.54 Å². The van der Waals surface area contributed by atoms with Crippen LogP contribution in [0.3, 0.4) is 0 Å². The van der Waals surface area contributed by atoms with Gasteiger partial charge in [0.05, 0.1) is 11.0 Å². The summed E-state index contributed by atoms with van der Waals surface area (Å²) in [5, 5.41) is 11.2. The van der Waals surface area contributed by atoms with Gasteiger partial charge in [-0.3, -0.25) is 0 Å². The number of fused-ring (bicyclic) bond motifs is 1. The van der Waals surface area contributed by atoms with Gasteiger partial charge in [0.25, 0.3) is 0 Å². The average Bonchev–Trinajstić information content (AvgIpc) is 2.95. The molecule has 86 valence electrons. The van der Waals surface area contributed by atoms with E-state index in [4.69, 9.17) is 4.52 Å². The fourth-order valence-electron chi connectivity index (χ4n) is 1.45. The van der Waals surface area contributed by atoms with Crippen LogP contribution < -0.4 is 5.32 Å². The summed E-state index contributed by atoms with van der Waals surface area (Å²) in [4.78, 5) is 4.35. The molecule has 0 radical (unpaired) electrons. The minimum Gasteiger partial charge on any atom is -0.364 e. The molecular weight excluding hydrogens is 286 g/mol. The molecule has 3 aromatic heterocycles. The molecule has 3 rings (SSSR count). The van der Waals surface area contributed by atoms with Gasteiger partial charge in [-0.25, -0.2) is 4.52 Å². The van der Waals surface area contributed by atoms with Crippen LogP contribution in [0.2, 0.25) is 0 Å². The third kappa shape index (κ3) is 2.01. The highest BCUT2D eigenvalue weighted by Crippen LogP contribution is 2.16. The van der Waals surface area contributed by atoms with Crippen LogP contribution in [0.5, 0.6) is 0 Å². The van der Waals surface area contributed by atoms with Gasteiger partial charge in [0.1, 0.15) is 12.0 Å². The molecule has 17 heavy (non-hydrogen) atoms. The quantitative estimate of drug-likeness (QED) is 0.801. The number of rotatable bonds is 3. The van der Waals surface area contributed by atoms with Crippen molar-refractivity contribution >= 4 is 27.5 Å². The first-order valence-electron chi connectivity index (χ1n) is 4.97. The van der Waals surface area contributed by atoms with Crippen LogP contribution in [0.25, 0.3) is 5.65 Å². The molecule has 7 heteroatoms. The number of nitrogens with zero attached hydrogens (tertiary/aromatic N) is 4. The molecule has 0 aliphatic heterocycles. The van der Waals surface area contributed by atoms with E-state index in [1.807, 2.05) is 18.3 Å². The lowest BCUT2D eigenvalue weighted by atomic mass is 10.4. The largest absolute Gasteiger partial charge is 0.364 e. The van der Waals surface area contributed by atoms with E-state index in [0.29, 0.717) is 12.5 Å². The van der Waals surface area contributed by atoms with Gasteiger partial charge in [0.15, 0.2) is 5.65 Å². The zero-order chi connectivity index (χ0) is 11.7. The minimum atomic E-state index is 0.533. The first-order chi connectivity index (χ1) is 8.33. The second kappa shape index (κ2) is 4.17. The average molecular weight is 294 g/mol. The predicted molar refractivity (Wildman–Crippen MR) is 64.5 cm³/mol. The summed E-state index contributed by atoms with van der Waals surface area (Å²) in [6.45, 7) is 0.533. The Morgan fingerprint density at radius 1 is 1.41 bits per heavy atom. The number of hydrogen-bond acceptors (Lipinski definition) is 5. The monoisotopic (exact) mass is 293 g/mol. The van der Waals surface area contributed by atoms with Crippen molar-refractivity contribution in [3.05, 3.63) is 40.8 Å². The molecule has 0 fully saturated rings. The van der Waals surface area contributed by atoms with Crippen LogP contribution in [0, 0.1) is 0 Å². The van der Waals surface area contributed by atoms with Gasteiger partial charge in [0.2, 0.25) is 5.95 Å². The number of halogens is 1. The van der Waals surface area contributed by atoms with Crippen molar-refractivity contribution < 1.29 is 4.52 Å². The Bertz CT molecular complexity index is 633. The molecule has 3 heterocycles. The van der Waals surface area contributed by atoms with Gasteiger partial charge in [-0.1, -0.05) is 5.16 Å². The molecule has 0 atom stereocenters. The molecule has 0 aliphatic rings. The van der Waals surface area contributed by atoms with Gasteiger partial charge < -0.3 is 9.84 Å². The lowest BCUT2D eigenvalue weighted by molar-refractivity contribution is 0.412. The Morgan fingerprint density at radius 3 is 3.12 bits per heavy atom. The third-order valence-corrected chi connectivity index (χ3v) is 2.85. The van der Waals surface area contributed by atoms with Crippen molar-refractivity contribution in [1.29, 1.82) is 0 Å². The maximum absolute atomic E-state index is 4.74. The number of hydrogen-bond donors (Lipinski definition) is 1. The van der Waals surface area contributed by atoms with Gasteiger partial charge in [-0.15, -0.1) is 5.10 Å². The highest BCUT2D eigenvalue weighted by atomic mass is 79.9. The second-order valence-corrected chi connectivity index (χ2v) is 4.26. The second-order valence-electron chi connectivity index (χ2n) is 3.40. The topological polar surface area (TPSA) is 68.2 Å². The summed E-state index contributed by atoms with van der Waals surface area (Å²) in [6.07, 6.45) is 3.37. The number of nitrogens with one attached hydrogen (secondary N) is 1. The lowest BCUT2D eigenvalue weighted by Gasteiger charge is -1.95. The van der Waals surface area contributed by atoms with Crippen LogP contribution in [-0.4, -0.2) is 19.8 Å². The fourth-order valence-corrected chi connectivity index (χ4v) is 1.87. The molecule has 0 aliphatic carbocycles. The standard InChI is InChI=1S/C10H8BrN5O/c11-8-2-1-4-16-9(8)13-10(14-16)12-6-7-3-5-17-15-7/h1-5H,6H2,(H,12,14). The molecular formula is C10H8BrN5O. The molecule has 0 bridgehead atoms. The molecule has 0 amide bonds. The molecule has 0 saturated carbocycles. The lowest BCUT2D eigenvalue weighted by Crippen LogP contribution is -2.01. The summed E-state index contributed by atoms with van der Waals surface area (Å²) < 4.78 is 7.35. The molecule has 0 unspecified atom stereocenters. The van der Waals surface area contributed by atoms with E-state index < -0.39 is 0 Å². The van der Waals surface area contributed by atoms with E-state index in [1.54, 1.807) is 10.6 Å². The first kappa shape index (κ1) is 10.3. The molecule has 6 nitrogen and oxygen atoms in total. The minimum absolute atomic E-state index is 0.533. The Kier molecular flexibility index (Phi) is 2.52. The normalized spacial score (nSPS) is 10.9. The first-order valence-corrected chi connectivity index (χ1v) is 5.76. The number of anilines is 1. The van der Waals surface area contributed by atoms with Crippen molar-refractivity contribution in [2.24, 2.45) is 0 Å². The van der Waals surface area contributed by atoms with Crippen molar-refractivity contribution in [1.82, 2.24) is 19.8 Å². The summed E-state index contributed by atoms with van der Waals surface area (Å²) in [7, 11) is 0. The van der Waals surface area contributed by atoms with E-state index in [-0.39, 0.29) is 0 Å². The Labute approximate surface area is 105 Å². The molecule has 1 N–H and O–H groups in total. The maximum atomic E-state index is 4.74. The third-order valence-electron chi connectivity index (χ3n) is 2.23. The van der Waals surface area contributed by atoms with E-state index >= 15 is 0 Å². The highest BCUT2D eigenvalue weighted by molar-refractivity contribution is 9.10. The van der Waals surface area contributed by atoms with Crippen LogP contribution in [0.1, 0.15) is 5.69 Å². The highest BCUT2D eigenvalue weighted by Gasteiger charge is 2.06. The number of pyridine rings is 1. The van der Waals surface area contributed by atoms with Crippen molar-refractivity contribution in [2.75, 3.05) is 5.32 Å². The Balaban J connectivity index is 1.84. The smallest absolute Gasteiger partial charge is 0.243 e. The van der Waals surface area contributed by atoms with E-state index in [9.17, 15) is 0 Å². The van der Waals surface area contributed by atoms with E-state index in [2.05, 4.69) is 36.5 Å². The predicted octanol–water partition coefficient (Wildman–Crippen LogP) is 2.09. The van der Waals surface area contributed by atoms with Gasteiger partial charge in [-0.05, 0) is 28.1 Å². The fraction of sp³-hybridized carbons (Fsp3) is 0.100.